The Bertz CT molecular complexity index is 439. The van der Waals surface area contributed by atoms with Gasteiger partial charge in [-0.2, -0.15) is 0 Å². The molecule has 1 aromatic carbocycles. The van der Waals surface area contributed by atoms with Gasteiger partial charge in [0.2, 0.25) is 0 Å². The van der Waals surface area contributed by atoms with Gasteiger partial charge in [-0.1, -0.05) is 45.9 Å². The number of para-hydroxylation sites is 1. The summed E-state index contributed by atoms with van der Waals surface area (Å²) in [5, 5.41) is 3.57. The first-order chi connectivity index (χ1) is 9.98. The highest BCUT2D eigenvalue weighted by Gasteiger charge is 2.28. The Hall–Kier alpha value is -1.02. The van der Waals surface area contributed by atoms with Gasteiger partial charge in [-0.05, 0) is 61.2 Å². The highest BCUT2D eigenvalue weighted by molar-refractivity contribution is 5.37. The van der Waals surface area contributed by atoms with Crippen LogP contribution in [0.25, 0.3) is 0 Å². The molecule has 2 rings (SSSR count). The van der Waals surface area contributed by atoms with Crippen LogP contribution in [0.3, 0.4) is 0 Å². The third-order valence-electron chi connectivity index (χ3n) is 4.41. The molecule has 21 heavy (non-hydrogen) atoms. The fourth-order valence-electron chi connectivity index (χ4n) is 3.21. The molecular formula is C19H31NO. The Morgan fingerprint density at radius 1 is 1.29 bits per heavy atom. The molecule has 1 N–H and O–H groups in total. The van der Waals surface area contributed by atoms with Gasteiger partial charge in [0.15, 0.2) is 0 Å². The number of nitrogens with one attached hydrogen (secondary N) is 1. The standard InChI is InChI=1S/C19H31NO/c1-15(2)14-20-11-10-19(3,4)13-16-9-12-21-18-8-6-5-7-17(16)18/h5-8,15-16,20H,9-14H2,1-4H3. The van der Waals surface area contributed by atoms with E-state index in [0.29, 0.717) is 11.3 Å². The van der Waals surface area contributed by atoms with Gasteiger partial charge in [0.25, 0.3) is 0 Å². The van der Waals surface area contributed by atoms with Gasteiger partial charge in [-0.25, -0.2) is 0 Å². The molecule has 1 atom stereocenters. The van der Waals surface area contributed by atoms with E-state index in [2.05, 4.69) is 57.3 Å². The van der Waals surface area contributed by atoms with Gasteiger partial charge in [0.05, 0.1) is 6.61 Å². The van der Waals surface area contributed by atoms with Crippen LogP contribution in [-0.4, -0.2) is 19.7 Å². The number of rotatable bonds is 7. The summed E-state index contributed by atoms with van der Waals surface area (Å²) in [6.45, 7) is 12.4. The average molecular weight is 289 g/mol. The van der Waals surface area contributed by atoms with Crippen LogP contribution in [0.1, 0.15) is 58.4 Å². The Morgan fingerprint density at radius 3 is 2.81 bits per heavy atom. The lowest BCUT2D eigenvalue weighted by molar-refractivity contribution is 0.216. The SMILES string of the molecule is CC(C)CNCCC(C)(C)CC1CCOc2ccccc21. The predicted molar refractivity (Wildman–Crippen MR) is 90.0 cm³/mol. The Kier molecular flexibility index (Phi) is 5.69. The van der Waals surface area contributed by atoms with Gasteiger partial charge in [0.1, 0.15) is 5.75 Å². The second-order valence-electron chi connectivity index (χ2n) is 7.59. The van der Waals surface area contributed by atoms with Crippen LogP contribution in [0.2, 0.25) is 0 Å². The molecule has 118 valence electrons. The summed E-state index contributed by atoms with van der Waals surface area (Å²) in [5.74, 6) is 2.48. The van der Waals surface area contributed by atoms with Crippen molar-refractivity contribution in [3.63, 3.8) is 0 Å². The van der Waals surface area contributed by atoms with E-state index in [1.165, 1.54) is 18.4 Å². The second-order valence-corrected chi connectivity index (χ2v) is 7.59. The minimum absolute atomic E-state index is 0.374. The molecule has 1 aromatic rings. The molecule has 1 aliphatic heterocycles. The minimum atomic E-state index is 0.374. The molecule has 0 amide bonds. The molecule has 0 aliphatic carbocycles. The molecule has 0 aromatic heterocycles. The Balaban J connectivity index is 1.88. The van der Waals surface area contributed by atoms with E-state index < -0.39 is 0 Å². The maximum absolute atomic E-state index is 5.78. The number of hydrogen-bond acceptors (Lipinski definition) is 2. The van der Waals surface area contributed by atoms with Crippen molar-refractivity contribution in [1.82, 2.24) is 5.32 Å². The van der Waals surface area contributed by atoms with E-state index in [9.17, 15) is 0 Å². The summed E-state index contributed by atoms with van der Waals surface area (Å²) >= 11 is 0. The summed E-state index contributed by atoms with van der Waals surface area (Å²) in [6, 6.07) is 8.56. The maximum atomic E-state index is 5.78. The lowest BCUT2D eigenvalue weighted by Crippen LogP contribution is -2.27. The fourth-order valence-corrected chi connectivity index (χ4v) is 3.21. The fraction of sp³-hybridized carbons (Fsp3) is 0.684. The van der Waals surface area contributed by atoms with Crippen molar-refractivity contribution in [2.24, 2.45) is 11.3 Å². The highest BCUT2D eigenvalue weighted by atomic mass is 16.5. The van der Waals surface area contributed by atoms with Crippen LogP contribution in [0.15, 0.2) is 24.3 Å². The molecule has 0 saturated heterocycles. The van der Waals surface area contributed by atoms with Crippen molar-refractivity contribution in [2.45, 2.75) is 52.9 Å². The maximum Gasteiger partial charge on any atom is 0.122 e. The molecule has 0 bridgehead atoms. The number of hydrogen-bond donors (Lipinski definition) is 1. The molecule has 1 aliphatic rings. The first kappa shape index (κ1) is 16.4. The summed E-state index contributed by atoms with van der Waals surface area (Å²) in [7, 11) is 0. The largest absolute Gasteiger partial charge is 0.493 e. The van der Waals surface area contributed by atoms with Crippen molar-refractivity contribution in [3.05, 3.63) is 29.8 Å². The minimum Gasteiger partial charge on any atom is -0.493 e. The summed E-state index contributed by atoms with van der Waals surface area (Å²) < 4.78 is 5.78. The summed E-state index contributed by atoms with van der Waals surface area (Å²) in [6.07, 6.45) is 3.63. The van der Waals surface area contributed by atoms with Crippen molar-refractivity contribution >= 4 is 0 Å². The number of fused-ring (bicyclic) bond motifs is 1. The van der Waals surface area contributed by atoms with Crippen LogP contribution >= 0.6 is 0 Å². The highest BCUT2D eigenvalue weighted by Crippen LogP contribution is 2.41. The molecule has 2 nitrogen and oxygen atoms in total. The predicted octanol–water partition coefficient (Wildman–Crippen LogP) is 4.60. The van der Waals surface area contributed by atoms with Crippen molar-refractivity contribution < 1.29 is 4.74 Å². The smallest absolute Gasteiger partial charge is 0.122 e. The van der Waals surface area contributed by atoms with E-state index in [1.807, 2.05) is 0 Å². The molecule has 0 saturated carbocycles. The van der Waals surface area contributed by atoms with Crippen LogP contribution in [0.5, 0.6) is 5.75 Å². The van der Waals surface area contributed by atoms with Crippen LogP contribution in [-0.2, 0) is 0 Å². The second kappa shape index (κ2) is 7.31. The molecule has 1 heterocycles. The van der Waals surface area contributed by atoms with E-state index in [1.54, 1.807) is 0 Å². The quantitative estimate of drug-likeness (QED) is 0.740. The van der Waals surface area contributed by atoms with E-state index in [4.69, 9.17) is 4.74 Å². The van der Waals surface area contributed by atoms with Gasteiger partial charge < -0.3 is 10.1 Å². The Labute approximate surface area is 130 Å². The molecular weight excluding hydrogens is 258 g/mol. The topological polar surface area (TPSA) is 21.3 Å². The lowest BCUT2D eigenvalue weighted by Gasteiger charge is -2.33. The van der Waals surface area contributed by atoms with Crippen molar-refractivity contribution in [3.8, 4) is 5.75 Å². The van der Waals surface area contributed by atoms with Crippen LogP contribution < -0.4 is 10.1 Å². The van der Waals surface area contributed by atoms with Gasteiger partial charge in [0, 0.05) is 0 Å². The third-order valence-corrected chi connectivity index (χ3v) is 4.41. The number of ether oxygens (including phenoxy) is 1. The third kappa shape index (κ3) is 5.03. The van der Waals surface area contributed by atoms with Gasteiger partial charge >= 0.3 is 0 Å². The Morgan fingerprint density at radius 2 is 2.05 bits per heavy atom. The lowest BCUT2D eigenvalue weighted by atomic mass is 9.76. The molecule has 0 fully saturated rings. The first-order valence-corrected chi connectivity index (χ1v) is 8.40. The molecule has 0 radical (unpaired) electrons. The van der Waals surface area contributed by atoms with E-state index in [-0.39, 0.29) is 0 Å². The molecule has 0 spiro atoms. The van der Waals surface area contributed by atoms with Crippen LogP contribution in [0, 0.1) is 11.3 Å². The summed E-state index contributed by atoms with van der Waals surface area (Å²) in [4.78, 5) is 0. The molecule has 1 unspecified atom stereocenters. The average Bonchev–Trinajstić information content (AvgIpc) is 2.44. The zero-order chi connectivity index (χ0) is 15.3. The number of benzene rings is 1. The van der Waals surface area contributed by atoms with Crippen molar-refractivity contribution in [1.29, 1.82) is 0 Å². The van der Waals surface area contributed by atoms with E-state index in [0.717, 1.165) is 37.8 Å². The molecule has 2 heteroatoms. The van der Waals surface area contributed by atoms with Gasteiger partial charge in [-0.3, -0.25) is 0 Å². The monoisotopic (exact) mass is 289 g/mol. The zero-order valence-corrected chi connectivity index (χ0v) is 14.1. The summed E-state index contributed by atoms with van der Waals surface area (Å²) in [5.41, 5.74) is 1.78. The van der Waals surface area contributed by atoms with Crippen molar-refractivity contribution in [2.75, 3.05) is 19.7 Å². The van der Waals surface area contributed by atoms with Crippen LogP contribution in [0.4, 0.5) is 0 Å². The van der Waals surface area contributed by atoms with E-state index >= 15 is 0 Å². The zero-order valence-electron chi connectivity index (χ0n) is 14.1. The first-order valence-electron chi connectivity index (χ1n) is 8.40. The van der Waals surface area contributed by atoms with Gasteiger partial charge in [-0.15, -0.1) is 0 Å². The normalized spacial score (nSPS) is 18.4.